The molecule has 0 unspecified atom stereocenters. The monoisotopic (exact) mass is 416 g/mol. The first-order valence-electron chi connectivity index (χ1n) is 8.34. The first-order valence-corrected chi connectivity index (χ1v) is 9.60. The van der Waals surface area contributed by atoms with Gasteiger partial charge in [0.05, 0.1) is 17.2 Å². The number of nitro benzene ring substituents is 1. The molecule has 7 nitrogen and oxygen atoms in total. The highest BCUT2D eigenvalue weighted by atomic mass is 35.5. The van der Waals surface area contributed by atoms with Crippen LogP contribution in [0.2, 0.25) is 5.02 Å². The summed E-state index contributed by atoms with van der Waals surface area (Å²) < 4.78 is 0. The normalized spacial score (nSPS) is 10.8. The summed E-state index contributed by atoms with van der Waals surface area (Å²) in [6.07, 6.45) is 0. The first-order chi connectivity index (χ1) is 13.4. The van der Waals surface area contributed by atoms with E-state index in [9.17, 15) is 14.9 Å². The number of likely N-dealkylation sites (N-methyl/N-ethyl adjacent to an activating group) is 1. The molecule has 0 atom stereocenters. The van der Waals surface area contributed by atoms with Crippen LogP contribution in [0.15, 0.2) is 53.9 Å². The molecule has 1 aromatic heterocycles. The summed E-state index contributed by atoms with van der Waals surface area (Å²) >= 11 is 7.42. The van der Waals surface area contributed by atoms with Crippen LogP contribution in [0.1, 0.15) is 5.56 Å². The van der Waals surface area contributed by atoms with Gasteiger partial charge >= 0.3 is 0 Å². The van der Waals surface area contributed by atoms with Crippen LogP contribution in [0.4, 0.5) is 10.8 Å². The van der Waals surface area contributed by atoms with E-state index in [-0.39, 0.29) is 18.1 Å². The van der Waals surface area contributed by atoms with Gasteiger partial charge in [-0.3, -0.25) is 19.8 Å². The summed E-state index contributed by atoms with van der Waals surface area (Å²) in [4.78, 5) is 28.9. The minimum Gasteiger partial charge on any atom is -0.301 e. The van der Waals surface area contributed by atoms with E-state index in [4.69, 9.17) is 11.6 Å². The van der Waals surface area contributed by atoms with E-state index < -0.39 is 4.92 Å². The van der Waals surface area contributed by atoms with Gasteiger partial charge in [-0.05, 0) is 18.7 Å². The van der Waals surface area contributed by atoms with Crippen LogP contribution in [0.5, 0.6) is 0 Å². The molecular weight excluding hydrogens is 400 g/mol. The fourth-order valence-electron chi connectivity index (χ4n) is 2.62. The van der Waals surface area contributed by atoms with Crippen molar-refractivity contribution in [1.29, 1.82) is 0 Å². The molecule has 0 aliphatic rings. The maximum atomic E-state index is 12.3. The van der Waals surface area contributed by atoms with Crippen molar-refractivity contribution in [2.24, 2.45) is 0 Å². The van der Waals surface area contributed by atoms with Gasteiger partial charge in [0.1, 0.15) is 0 Å². The van der Waals surface area contributed by atoms with Gasteiger partial charge in [0.25, 0.3) is 5.69 Å². The van der Waals surface area contributed by atoms with Crippen LogP contribution in [0.3, 0.4) is 0 Å². The van der Waals surface area contributed by atoms with E-state index in [1.54, 1.807) is 17.5 Å². The number of rotatable bonds is 7. The number of aromatic nitrogens is 1. The molecule has 1 N–H and O–H groups in total. The van der Waals surface area contributed by atoms with Crippen molar-refractivity contribution < 1.29 is 9.72 Å². The Labute approximate surface area is 170 Å². The molecule has 1 amide bonds. The Morgan fingerprint density at radius 2 is 2.07 bits per heavy atom. The number of nitro groups is 1. The van der Waals surface area contributed by atoms with Gasteiger partial charge in [0.15, 0.2) is 5.13 Å². The standard InChI is InChI=1S/C19H17ClN4O3S/c1-23(10-14-5-2-3-8-16(14)20)11-18(25)22-19-21-17(12-28-19)13-6-4-7-15(9-13)24(26)27/h2-9,12H,10-11H2,1H3,(H,21,22,25). The lowest BCUT2D eigenvalue weighted by molar-refractivity contribution is -0.384. The number of carbonyl (C=O) groups excluding carboxylic acids is 1. The smallest absolute Gasteiger partial charge is 0.270 e. The van der Waals surface area contributed by atoms with E-state index in [1.807, 2.05) is 36.2 Å². The molecule has 144 valence electrons. The maximum absolute atomic E-state index is 12.3. The van der Waals surface area contributed by atoms with Gasteiger partial charge in [-0.15, -0.1) is 11.3 Å². The number of amides is 1. The van der Waals surface area contributed by atoms with Gasteiger partial charge < -0.3 is 5.32 Å². The Kier molecular flexibility index (Phi) is 6.35. The van der Waals surface area contributed by atoms with Crippen LogP contribution in [0, 0.1) is 10.1 Å². The molecule has 0 aliphatic heterocycles. The number of anilines is 1. The Bertz CT molecular complexity index is 1010. The fraction of sp³-hybridized carbons (Fsp3) is 0.158. The number of hydrogen-bond acceptors (Lipinski definition) is 6. The zero-order valence-electron chi connectivity index (χ0n) is 15.0. The molecule has 0 bridgehead atoms. The zero-order chi connectivity index (χ0) is 20.1. The Balaban J connectivity index is 1.60. The number of hydrogen-bond donors (Lipinski definition) is 1. The van der Waals surface area contributed by atoms with Gasteiger partial charge in [0, 0.05) is 34.6 Å². The first kappa shape index (κ1) is 19.9. The molecule has 3 aromatic rings. The summed E-state index contributed by atoms with van der Waals surface area (Å²) in [7, 11) is 1.83. The summed E-state index contributed by atoms with van der Waals surface area (Å²) in [6, 6.07) is 13.7. The van der Waals surface area contributed by atoms with Crippen LogP contribution in [-0.4, -0.2) is 34.3 Å². The van der Waals surface area contributed by atoms with Crippen LogP contribution in [-0.2, 0) is 11.3 Å². The van der Waals surface area contributed by atoms with Gasteiger partial charge in [-0.2, -0.15) is 0 Å². The van der Waals surface area contributed by atoms with Crippen LogP contribution in [0.25, 0.3) is 11.3 Å². The predicted molar refractivity (Wildman–Crippen MR) is 111 cm³/mol. The van der Waals surface area contributed by atoms with Crippen molar-refractivity contribution >= 4 is 39.7 Å². The van der Waals surface area contributed by atoms with E-state index in [2.05, 4.69) is 10.3 Å². The summed E-state index contributed by atoms with van der Waals surface area (Å²) in [5, 5.41) is 16.5. The predicted octanol–water partition coefficient (Wildman–Crippen LogP) is 4.44. The van der Waals surface area contributed by atoms with Gasteiger partial charge in [-0.25, -0.2) is 4.98 Å². The summed E-state index contributed by atoms with van der Waals surface area (Å²) in [5.74, 6) is -0.200. The third kappa shape index (κ3) is 5.13. The molecular formula is C19H17ClN4O3S. The fourth-order valence-corrected chi connectivity index (χ4v) is 3.55. The van der Waals surface area contributed by atoms with E-state index >= 15 is 0 Å². The maximum Gasteiger partial charge on any atom is 0.270 e. The topological polar surface area (TPSA) is 88.4 Å². The Morgan fingerprint density at radius 1 is 1.29 bits per heavy atom. The third-order valence-electron chi connectivity index (χ3n) is 3.91. The molecule has 0 aliphatic carbocycles. The van der Waals surface area contributed by atoms with Crippen molar-refractivity contribution in [3.8, 4) is 11.3 Å². The van der Waals surface area contributed by atoms with Crippen molar-refractivity contribution in [2.45, 2.75) is 6.54 Å². The average molecular weight is 417 g/mol. The lowest BCUT2D eigenvalue weighted by Crippen LogP contribution is -2.29. The van der Waals surface area contributed by atoms with Crippen molar-refractivity contribution in [1.82, 2.24) is 9.88 Å². The molecule has 9 heteroatoms. The largest absolute Gasteiger partial charge is 0.301 e. The zero-order valence-corrected chi connectivity index (χ0v) is 16.5. The third-order valence-corrected chi connectivity index (χ3v) is 5.04. The Hall–Kier alpha value is -2.81. The Morgan fingerprint density at radius 3 is 2.82 bits per heavy atom. The molecule has 0 saturated carbocycles. The molecule has 3 rings (SSSR count). The molecule has 0 fully saturated rings. The molecule has 28 heavy (non-hydrogen) atoms. The number of nitrogens with zero attached hydrogens (tertiary/aromatic N) is 3. The van der Waals surface area contributed by atoms with E-state index in [1.165, 1.54) is 23.5 Å². The van der Waals surface area contributed by atoms with E-state index in [0.29, 0.717) is 28.0 Å². The number of carbonyl (C=O) groups is 1. The second kappa shape index (κ2) is 8.92. The van der Waals surface area contributed by atoms with Crippen molar-refractivity contribution in [3.63, 3.8) is 0 Å². The molecule has 0 radical (unpaired) electrons. The lowest BCUT2D eigenvalue weighted by Gasteiger charge is -2.16. The summed E-state index contributed by atoms with van der Waals surface area (Å²) in [6.45, 7) is 0.723. The van der Waals surface area contributed by atoms with Crippen molar-refractivity contribution in [3.05, 3.63) is 74.6 Å². The number of nitrogens with one attached hydrogen (secondary N) is 1. The van der Waals surface area contributed by atoms with Gasteiger partial charge in [-0.1, -0.05) is 41.9 Å². The summed E-state index contributed by atoms with van der Waals surface area (Å²) in [5.41, 5.74) is 2.15. The highest BCUT2D eigenvalue weighted by Crippen LogP contribution is 2.27. The molecule has 0 spiro atoms. The highest BCUT2D eigenvalue weighted by molar-refractivity contribution is 7.14. The molecule has 2 aromatic carbocycles. The SMILES string of the molecule is CN(CC(=O)Nc1nc(-c2cccc([N+](=O)[O-])c2)cs1)Cc1ccccc1Cl. The number of halogens is 1. The second-order valence-corrected chi connectivity index (χ2v) is 7.42. The van der Waals surface area contributed by atoms with Crippen LogP contribution >= 0.6 is 22.9 Å². The van der Waals surface area contributed by atoms with Crippen LogP contribution < -0.4 is 5.32 Å². The number of non-ortho nitro benzene ring substituents is 1. The lowest BCUT2D eigenvalue weighted by atomic mass is 10.1. The number of thiazole rings is 1. The minimum atomic E-state index is -0.451. The minimum absolute atomic E-state index is 0.00252. The second-order valence-electron chi connectivity index (χ2n) is 6.16. The van der Waals surface area contributed by atoms with Gasteiger partial charge in [0.2, 0.25) is 5.91 Å². The molecule has 0 saturated heterocycles. The average Bonchev–Trinajstić information content (AvgIpc) is 3.12. The highest BCUT2D eigenvalue weighted by Gasteiger charge is 2.13. The molecule has 1 heterocycles. The number of benzene rings is 2. The van der Waals surface area contributed by atoms with Crippen molar-refractivity contribution in [2.75, 3.05) is 18.9 Å². The quantitative estimate of drug-likeness (QED) is 0.454. The van der Waals surface area contributed by atoms with E-state index in [0.717, 1.165) is 5.56 Å².